The van der Waals surface area contributed by atoms with Crippen LogP contribution in [0.25, 0.3) is 0 Å². The van der Waals surface area contributed by atoms with Gasteiger partial charge in [0.1, 0.15) is 18.3 Å². The highest BCUT2D eigenvalue weighted by Crippen LogP contribution is 2.26. The molecule has 0 spiro atoms. The fourth-order valence-electron chi connectivity index (χ4n) is 4.19. The molecule has 0 saturated carbocycles. The minimum absolute atomic E-state index is 0.0639. The van der Waals surface area contributed by atoms with Crippen LogP contribution in [-0.2, 0) is 26.2 Å². The molecule has 0 aliphatic carbocycles. The molecular formula is C30H37N3O5S. The third kappa shape index (κ3) is 7.83. The number of hydrogen-bond donors (Lipinski definition) is 1. The van der Waals surface area contributed by atoms with Crippen LogP contribution in [0.1, 0.15) is 39.2 Å². The van der Waals surface area contributed by atoms with Crippen molar-refractivity contribution in [2.75, 3.05) is 24.0 Å². The van der Waals surface area contributed by atoms with E-state index in [9.17, 15) is 18.0 Å². The monoisotopic (exact) mass is 551 g/mol. The molecule has 2 amide bonds. The number of benzene rings is 3. The summed E-state index contributed by atoms with van der Waals surface area (Å²) in [5.74, 6) is -0.151. The molecule has 9 heteroatoms. The summed E-state index contributed by atoms with van der Waals surface area (Å²) in [6, 6.07) is 23.2. The highest BCUT2D eigenvalue weighted by Gasteiger charge is 2.33. The molecule has 0 aliphatic rings. The van der Waals surface area contributed by atoms with Crippen LogP contribution in [0, 0.1) is 0 Å². The average Bonchev–Trinajstić information content (AvgIpc) is 2.96. The van der Waals surface area contributed by atoms with E-state index < -0.39 is 28.5 Å². The van der Waals surface area contributed by atoms with E-state index in [2.05, 4.69) is 5.32 Å². The van der Waals surface area contributed by atoms with Crippen molar-refractivity contribution >= 4 is 27.5 Å². The quantitative estimate of drug-likeness (QED) is 0.316. The Morgan fingerprint density at radius 1 is 0.872 bits per heavy atom. The minimum Gasteiger partial charge on any atom is -0.494 e. The number of ether oxygens (including phenoxy) is 1. The van der Waals surface area contributed by atoms with Crippen LogP contribution >= 0.6 is 0 Å². The molecule has 0 saturated heterocycles. The third-order valence-corrected chi connectivity index (χ3v) is 7.96. The van der Waals surface area contributed by atoms with Crippen molar-refractivity contribution < 1.29 is 22.7 Å². The summed E-state index contributed by atoms with van der Waals surface area (Å²) in [7, 11) is -4.10. The minimum atomic E-state index is -4.10. The first kappa shape index (κ1) is 29.7. The molecular weight excluding hydrogens is 514 g/mol. The molecule has 0 aromatic heterocycles. The lowest BCUT2D eigenvalue weighted by molar-refractivity contribution is -0.140. The molecule has 1 N–H and O–H groups in total. The zero-order valence-corrected chi connectivity index (χ0v) is 23.6. The highest BCUT2D eigenvalue weighted by molar-refractivity contribution is 7.92. The van der Waals surface area contributed by atoms with Crippen LogP contribution in [0.5, 0.6) is 5.75 Å². The summed E-state index contributed by atoms with van der Waals surface area (Å²) >= 11 is 0. The van der Waals surface area contributed by atoms with Gasteiger partial charge in [0.2, 0.25) is 11.8 Å². The topological polar surface area (TPSA) is 96.0 Å². The zero-order chi connectivity index (χ0) is 28.3. The summed E-state index contributed by atoms with van der Waals surface area (Å²) in [5.41, 5.74) is 1.16. The van der Waals surface area contributed by atoms with Gasteiger partial charge in [0, 0.05) is 13.1 Å². The Balaban J connectivity index is 2.02. The first-order chi connectivity index (χ1) is 18.8. The largest absolute Gasteiger partial charge is 0.494 e. The van der Waals surface area contributed by atoms with Gasteiger partial charge in [-0.1, -0.05) is 62.4 Å². The summed E-state index contributed by atoms with van der Waals surface area (Å²) in [6.07, 6.45) is 1.14. The van der Waals surface area contributed by atoms with Crippen LogP contribution in [-0.4, -0.2) is 50.9 Å². The molecule has 3 rings (SSSR count). The van der Waals surface area contributed by atoms with Crippen molar-refractivity contribution in [2.24, 2.45) is 0 Å². The van der Waals surface area contributed by atoms with Crippen LogP contribution in [0.15, 0.2) is 89.8 Å². The molecule has 3 aromatic rings. The third-order valence-electron chi connectivity index (χ3n) is 6.18. The second-order valence-corrected chi connectivity index (χ2v) is 10.8. The SMILES string of the molecule is CCCNC(=O)C(CC)N(Cc1ccccc1)C(=O)CN(c1ccc(OCC)cc1)S(=O)(=O)c1ccccc1. The van der Waals surface area contributed by atoms with E-state index in [1.54, 1.807) is 42.5 Å². The lowest BCUT2D eigenvalue weighted by Crippen LogP contribution is -2.52. The average molecular weight is 552 g/mol. The molecule has 39 heavy (non-hydrogen) atoms. The Kier molecular flexibility index (Phi) is 10.9. The van der Waals surface area contributed by atoms with Crippen molar-refractivity contribution in [3.8, 4) is 5.75 Å². The molecule has 0 heterocycles. The van der Waals surface area contributed by atoms with Gasteiger partial charge in [0.25, 0.3) is 10.0 Å². The van der Waals surface area contributed by atoms with E-state index in [0.717, 1.165) is 16.3 Å². The molecule has 1 unspecified atom stereocenters. The van der Waals surface area contributed by atoms with Gasteiger partial charge in [-0.2, -0.15) is 0 Å². The van der Waals surface area contributed by atoms with Crippen molar-refractivity contribution in [3.63, 3.8) is 0 Å². The Morgan fingerprint density at radius 2 is 1.49 bits per heavy atom. The van der Waals surface area contributed by atoms with Crippen molar-refractivity contribution in [3.05, 3.63) is 90.5 Å². The maximum atomic E-state index is 14.0. The fraction of sp³-hybridized carbons (Fsp3) is 0.333. The van der Waals surface area contributed by atoms with Crippen LogP contribution in [0.4, 0.5) is 5.69 Å². The van der Waals surface area contributed by atoms with E-state index in [0.29, 0.717) is 31.0 Å². The lowest BCUT2D eigenvalue weighted by Gasteiger charge is -2.33. The number of carbonyl (C=O) groups excluding carboxylic acids is 2. The van der Waals surface area contributed by atoms with Crippen molar-refractivity contribution in [2.45, 2.75) is 51.1 Å². The van der Waals surface area contributed by atoms with E-state index in [1.165, 1.54) is 17.0 Å². The Bertz CT molecular complexity index is 1300. The van der Waals surface area contributed by atoms with E-state index in [1.807, 2.05) is 51.1 Å². The Morgan fingerprint density at radius 3 is 2.05 bits per heavy atom. The number of sulfonamides is 1. The fourth-order valence-corrected chi connectivity index (χ4v) is 5.62. The normalized spacial score (nSPS) is 11.9. The summed E-state index contributed by atoms with van der Waals surface area (Å²) in [5, 5.41) is 2.89. The standard InChI is InChI=1S/C30H37N3O5S/c1-4-21-31-30(35)28(5-2)32(22-24-13-9-7-10-14-24)29(34)23-33(25-17-19-26(20-18-25)38-6-3)39(36,37)27-15-11-8-12-16-27/h7-20,28H,4-6,21-23H2,1-3H3,(H,31,35). The van der Waals surface area contributed by atoms with Gasteiger partial charge in [-0.15, -0.1) is 0 Å². The molecule has 0 bridgehead atoms. The van der Waals surface area contributed by atoms with E-state index in [-0.39, 0.29) is 17.3 Å². The lowest BCUT2D eigenvalue weighted by atomic mass is 10.1. The number of carbonyl (C=O) groups is 2. The van der Waals surface area contributed by atoms with Crippen LogP contribution in [0.3, 0.4) is 0 Å². The highest BCUT2D eigenvalue weighted by atomic mass is 32.2. The number of hydrogen-bond acceptors (Lipinski definition) is 5. The first-order valence-electron chi connectivity index (χ1n) is 13.2. The Labute approximate surface area is 231 Å². The predicted octanol–water partition coefficient (Wildman–Crippen LogP) is 4.61. The Hall–Kier alpha value is -3.85. The van der Waals surface area contributed by atoms with Gasteiger partial charge >= 0.3 is 0 Å². The number of nitrogens with zero attached hydrogens (tertiary/aromatic N) is 2. The van der Waals surface area contributed by atoms with Crippen molar-refractivity contribution in [1.82, 2.24) is 10.2 Å². The molecule has 208 valence electrons. The first-order valence-corrected chi connectivity index (χ1v) is 14.7. The summed E-state index contributed by atoms with van der Waals surface area (Å²) in [4.78, 5) is 28.6. The van der Waals surface area contributed by atoms with E-state index in [4.69, 9.17) is 4.74 Å². The van der Waals surface area contributed by atoms with Gasteiger partial charge in [-0.25, -0.2) is 8.42 Å². The van der Waals surface area contributed by atoms with Gasteiger partial charge in [-0.3, -0.25) is 13.9 Å². The van der Waals surface area contributed by atoms with Crippen LogP contribution in [0.2, 0.25) is 0 Å². The van der Waals surface area contributed by atoms with Gasteiger partial charge < -0.3 is 15.0 Å². The molecule has 0 radical (unpaired) electrons. The molecule has 3 aromatic carbocycles. The van der Waals surface area contributed by atoms with Crippen LogP contribution < -0.4 is 14.4 Å². The number of nitrogens with one attached hydrogen (secondary N) is 1. The number of amides is 2. The smallest absolute Gasteiger partial charge is 0.264 e. The van der Waals surface area contributed by atoms with E-state index >= 15 is 0 Å². The van der Waals surface area contributed by atoms with Gasteiger partial charge in [0.05, 0.1) is 17.2 Å². The molecule has 0 aliphatic heterocycles. The number of anilines is 1. The van der Waals surface area contributed by atoms with Gasteiger partial charge in [0.15, 0.2) is 0 Å². The second-order valence-electron chi connectivity index (χ2n) is 8.97. The summed E-state index contributed by atoms with van der Waals surface area (Å²) < 4.78 is 34.2. The molecule has 8 nitrogen and oxygen atoms in total. The van der Waals surface area contributed by atoms with Gasteiger partial charge in [-0.05, 0) is 61.7 Å². The maximum absolute atomic E-state index is 14.0. The predicted molar refractivity (Wildman–Crippen MR) is 153 cm³/mol. The maximum Gasteiger partial charge on any atom is 0.264 e. The molecule has 0 fully saturated rings. The summed E-state index contributed by atoms with van der Waals surface area (Å²) in [6.45, 7) is 6.31. The molecule has 1 atom stereocenters. The second kappa shape index (κ2) is 14.3. The van der Waals surface area contributed by atoms with Crippen molar-refractivity contribution in [1.29, 1.82) is 0 Å². The zero-order valence-electron chi connectivity index (χ0n) is 22.7. The number of rotatable bonds is 14.